The quantitative estimate of drug-likeness (QED) is 0.283. The number of hydrogen-bond acceptors (Lipinski definition) is 7. The maximum absolute atomic E-state index is 12.5. The summed E-state index contributed by atoms with van der Waals surface area (Å²) in [7, 11) is 0. The lowest BCUT2D eigenvalue weighted by Gasteiger charge is -2.36. The summed E-state index contributed by atoms with van der Waals surface area (Å²) < 4.78 is 0. The van der Waals surface area contributed by atoms with Gasteiger partial charge in [-0.3, -0.25) is 19.7 Å². The van der Waals surface area contributed by atoms with E-state index in [1.54, 1.807) is 12.4 Å². The number of carbonyl (C=O) groups is 1. The Kier molecular flexibility index (Phi) is 7.21. The molecule has 5 aromatic rings. The average molecular weight is 515 g/mol. The maximum atomic E-state index is 12.5. The summed E-state index contributed by atoms with van der Waals surface area (Å²) >= 11 is 0. The van der Waals surface area contributed by atoms with Crippen LogP contribution in [0.3, 0.4) is 0 Å². The lowest BCUT2D eigenvalue weighted by atomic mass is 9.99. The zero-order valence-corrected chi connectivity index (χ0v) is 21.8. The first-order valence-corrected chi connectivity index (χ1v) is 13.4. The van der Waals surface area contributed by atoms with Crippen molar-refractivity contribution >= 4 is 28.3 Å². The van der Waals surface area contributed by atoms with Crippen molar-refractivity contribution in [2.45, 2.75) is 19.3 Å². The van der Waals surface area contributed by atoms with Crippen LogP contribution in [0.25, 0.3) is 22.2 Å². The number of piperazine rings is 1. The van der Waals surface area contributed by atoms with E-state index in [9.17, 15) is 4.79 Å². The highest BCUT2D eigenvalue weighted by Gasteiger charge is 2.19. The lowest BCUT2D eigenvalue weighted by Crippen LogP contribution is -2.46. The molecule has 194 valence electrons. The van der Waals surface area contributed by atoms with Gasteiger partial charge in [0.2, 0.25) is 0 Å². The Morgan fingerprint density at radius 2 is 1.36 bits per heavy atom. The van der Waals surface area contributed by atoms with Gasteiger partial charge in [-0.1, -0.05) is 30.3 Å². The summed E-state index contributed by atoms with van der Waals surface area (Å²) in [6, 6.07) is 22.5. The number of fused-ring (bicyclic) bond motifs is 1. The molecular formula is C32H30N6O. The van der Waals surface area contributed by atoms with Crippen molar-refractivity contribution in [3.63, 3.8) is 0 Å². The number of hydrogen-bond donors (Lipinski definition) is 0. The monoisotopic (exact) mass is 514 g/mol. The van der Waals surface area contributed by atoms with Gasteiger partial charge in [-0.15, -0.1) is 0 Å². The molecular weight excluding hydrogens is 484 g/mol. The van der Waals surface area contributed by atoms with Crippen molar-refractivity contribution < 1.29 is 4.79 Å². The summed E-state index contributed by atoms with van der Waals surface area (Å²) in [4.78, 5) is 35.0. The van der Waals surface area contributed by atoms with Gasteiger partial charge in [0.05, 0.1) is 17.2 Å². The number of aromatic nitrogens is 4. The molecule has 0 radical (unpaired) electrons. The Bertz CT molecular complexity index is 1550. The summed E-state index contributed by atoms with van der Waals surface area (Å²) in [5.74, 6) is 1.16. The molecule has 1 saturated heterocycles. The smallest absolute Gasteiger partial charge is 0.147 e. The molecule has 0 amide bonds. The largest absolute Gasteiger partial charge is 0.368 e. The number of rotatable bonds is 8. The van der Waals surface area contributed by atoms with Gasteiger partial charge >= 0.3 is 0 Å². The third-order valence-electron chi connectivity index (χ3n) is 7.29. The van der Waals surface area contributed by atoms with Gasteiger partial charge in [-0.2, -0.15) is 0 Å². The van der Waals surface area contributed by atoms with E-state index in [2.05, 4.69) is 61.1 Å². The molecule has 39 heavy (non-hydrogen) atoms. The molecule has 6 rings (SSSR count). The van der Waals surface area contributed by atoms with Crippen LogP contribution in [-0.4, -0.2) is 51.9 Å². The number of aryl methyl sites for hydroxylation is 1. The molecule has 0 bridgehead atoms. The fourth-order valence-corrected chi connectivity index (χ4v) is 5.05. The van der Waals surface area contributed by atoms with Gasteiger partial charge in [0, 0.05) is 69.5 Å². The predicted octanol–water partition coefficient (Wildman–Crippen LogP) is 5.16. The minimum atomic E-state index is 0.245. The Morgan fingerprint density at radius 3 is 2.10 bits per heavy atom. The molecule has 0 saturated carbocycles. The fourth-order valence-electron chi connectivity index (χ4n) is 5.05. The third-order valence-corrected chi connectivity index (χ3v) is 7.29. The van der Waals surface area contributed by atoms with E-state index >= 15 is 0 Å². The van der Waals surface area contributed by atoms with E-state index in [4.69, 9.17) is 4.98 Å². The third kappa shape index (κ3) is 5.93. The molecule has 1 fully saturated rings. The maximum Gasteiger partial charge on any atom is 0.147 e. The Balaban J connectivity index is 1.10. The van der Waals surface area contributed by atoms with E-state index < -0.39 is 0 Å². The van der Waals surface area contributed by atoms with Crippen molar-refractivity contribution in [1.82, 2.24) is 19.9 Å². The standard InChI is InChI=1S/C32H30N6O/c39-29(7-3-24-9-13-33-14-10-24)21-25-1-4-26(5-2-25)27-6-8-30-31(22-27)36-32(23-35-30)38-19-17-37(18-20-38)28-11-15-34-16-12-28/h1-2,4-6,8-16,22-23H,3,7,17-21H2. The minimum absolute atomic E-state index is 0.245. The predicted molar refractivity (Wildman–Crippen MR) is 155 cm³/mol. The van der Waals surface area contributed by atoms with Crippen LogP contribution in [-0.2, 0) is 17.6 Å². The molecule has 0 atom stereocenters. The first-order valence-electron chi connectivity index (χ1n) is 13.4. The second-order valence-electron chi connectivity index (χ2n) is 9.88. The molecule has 2 aromatic carbocycles. The second-order valence-corrected chi connectivity index (χ2v) is 9.88. The van der Waals surface area contributed by atoms with Crippen molar-refractivity contribution in [3.05, 3.63) is 109 Å². The summed E-state index contributed by atoms with van der Waals surface area (Å²) in [5, 5.41) is 0. The highest BCUT2D eigenvalue weighted by Crippen LogP contribution is 2.26. The van der Waals surface area contributed by atoms with Crippen molar-refractivity contribution in [3.8, 4) is 11.1 Å². The number of Topliss-reactive ketones (excluding diaryl/α,β-unsaturated/α-hetero) is 1. The highest BCUT2D eigenvalue weighted by molar-refractivity contribution is 5.83. The van der Waals surface area contributed by atoms with Gasteiger partial charge in [0.15, 0.2) is 0 Å². The van der Waals surface area contributed by atoms with Gasteiger partial charge in [-0.05, 0) is 65.1 Å². The van der Waals surface area contributed by atoms with E-state index in [0.717, 1.165) is 71.7 Å². The van der Waals surface area contributed by atoms with Crippen molar-refractivity contribution in [2.24, 2.45) is 0 Å². The molecule has 0 aliphatic carbocycles. The zero-order chi connectivity index (χ0) is 26.4. The number of pyridine rings is 2. The molecule has 0 unspecified atom stereocenters. The van der Waals surface area contributed by atoms with Crippen LogP contribution in [0.5, 0.6) is 0 Å². The van der Waals surface area contributed by atoms with E-state index in [1.165, 1.54) is 5.69 Å². The number of nitrogens with zero attached hydrogens (tertiary/aromatic N) is 6. The van der Waals surface area contributed by atoms with E-state index in [0.29, 0.717) is 12.8 Å². The highest BCUT2D eigenvalue weighted by atomic mass is 16.1. The van der Waals surface area contributed by atoms with E-state index in [1.807, 2.05) is 48.9 Å². The van der Waals surface area contributed by atoms with Crippen LogP contribution in [0.4, 0.5) is 11.5 Å². The molecule has 7 heteroatoms. The minimum Gasteiger partial charge on any atom is -0.368 e. The van der Waals surface area contributed by atoms with Crippen molar-refractivity contribution in [2.75, 3.05) is 36.0 Å². The average Bonchev–Trinajstić information content (AvgIpc) is 3.01. The Labute approximate surface area is 228 Å². The lowest BCUT2D eigenvalue weighted by molar-refractivity contribution is -0.118. The number of anilines is 2. The van der Waals surface area contributed by atoms with Gasteiger partial charge in [0.25, 0.3) is 0 Å². The van der Waals surface area contributed by atoms with Gasteiger partial charge in [-0.25, -0.2) is 4.98 Å². The first kappa shape index (κ1) is 24.7. The van der Waals surface area contributed by atoms with Gasteiger partial charge < -0.3 is 9.80 Å². The molecule has 4 heterocycles. The topological polar surface area (TPSA) is 75.1 Å². The van der Waals surface area contributed by atoms with Crippen LogP contribution in [0, 0.1) is 0 Å². The Morgan fingerprint density at radius 1 is 0.692 bits per heavy atom. The fraction of sp³-hybridized carbons (Fsp3) is 0.219. The molecule has 0 spiro atoms. The number of benzene rings is 2. The first-order chi connectivity index (χ1) is 19.2. The molecule has 1 aliphatic rings. The van der Waals surface area contributed by atoms with Gasteiger partial charge in [0.1, 0.15) is 11.6 Å². The SMILES string of the molecule is O=C(CCc1ccncc1)Cc1ccc(-c2ccc3ncc(N4CCN(c5ccncc5)CC4)nc3c2)cc1. The summed E-state index contributed by atoms with van der Waals surface area (Å²) in [6.45, 7) is 3.65. The zero-order valence-electron chi connectivity index (χ0n) is 21.8. The molecule has 3 aromatic heterocycles. The van der Waals surface area contributed by atoms with Crippen molar-refractivity contribution in [1.29, 1.82) is 0 Å². The van der Waals surface area contributed by atoms with Crippen LogP contribution in [0.2, 0.25) is 0 Å². The summed E-state index contributed by atoms with van der Waals surface area (Å²) in [5.41, 5.74) is 7.34. The Hall–Kier alpha value is -4.65. The molecule has 1 aliphatic heterocycles. The van der Waals surface area contributed by atoms with Crippen LogP contribution in [0.1, 0.15) is 17.5 Å². The van der Waals surface area contributed by atoms with Crippen LogP contribution in [0.15, 0.2) is 97.7 Å². The second kappa shape index (κ2) is 11.4. The van der Waals surface area contributed by atoms with Crippen LogP contribution < -0.4 is 9.80 Å². The molecule has 0 N–H and O–H groups in total. The summed E-state index contributed by atoms with van der Waals surface area (Å²) in [6.07, 6.45) is 10.8. The van der Waals surface area contributed by atoms with Crippen LogP contribution >= 0.6 is 0 Å². The number of ketones is 1. The number of carbonyl (C=O) groups excluding carboxylic acids is 1. The molecule has 7 nitrogen and oxygen atoms in total. The van der Waals surface area contributed by atoms with E-state index in [-0.39, 0.29) is 5.78 Å². The normalized spacial score (nSPS) is 13.5.